The lowest BCUT2D eigenvalue weighted by atomic mass is 9.85. The molecule has 1 atom stereocenters. The van der Waals surface area contributed by atoms with E-state index in [0.29, 0.717) is 6.54 Å². The van der Waals surface area contributed by atoms with E-state index in [4.69, 9.17) is 9.73 Å². The van der Waals surface area contributed by atoms with E-state index in [0.717, 1.165) is 30.4 Å². The van der Waals surface area contributed by atoms with Crippen LogP contribution in [-0.4, -0.2) is 42.0 Å². The number of benzene rings is 1. The third kappa shape index (κ3) is 5.99. The lowest BCUT2D eigenvalue weighted by Crippen LogP contribution is -2.43. The molecule has 0 aliphatic rings. The van der Waals surface area contributed by atoms with Crippen molar-refractivity contribution < 1.29 is 4.74 Å². The highest BCUT2D eigenvalue weighted by Crippen LogP contribution is 2.25. The molecule has 0 bridgehead atoms. The number of aryl methyl sites for hydroxylation is 2. The van der Waals surface area contributed by atoms with Crippen molar-refractivity contribution in [3.05, 3.63) is 46.8 Å². The van der Waals surface area contributed by atoms with E-state index < -0.39 is 0 Å². The number of nitrogens with one attached hydrogen (secondary N) is 2. The Labute approximate surface area is 175 Å². The van der Waals surface area contributed by atoms with E-state index in [1.54, 1.807) is 7.11 Å². The van der Waals surface area contributed by atoms with Gasteiger partial charge in [-0.3, -0.25) is 9.67 Å². The number of aromatic nitrogens is 2. The highest BCUT2D eigenvalue weighted by Gasteiger charge is 2.21. The van der Waals surface area contributed by atoms with Gasteiger partial charge in [-0.25, -0.2) is 0 Å². The maximum absolute atomic E-state index is 5.27. The largest absolute Gasteiger partial charge is 0.497 e. The lowest BCUT2D eigenvalue weighted by molar-refractivity contribution is 0.414. The molecule has 1 aromatic carbocycles. The maximum atomic E-state index is 5.27. The Bertz CT molecular complexity index is 821. The van der Waals surface area contributed by atoms with Gasteiger partial charge in [0.15, 0.2) is 5.96 Å². The van der Waals surface area contributed by atoms with Crippen LogP contribution < -0.4 is 15.4 Å². The van der Waals surface area contributed by atoms with Gasteiger partial charge in [0.2, 0.25) is 0 Å². The summed E-state index contributed by atoms with van der Waals surface area (Å²) in [6.07, 6.45) is 0.914. The first-order valence-corrected chi connectivity index (χ1v) is 10.4. The zero-order chi connectivity index (χ0) is 21.6. The summed E-state index contributed by atoms with van der Waals surface area (Å²) in [5.41, 5.74) is 4.79. The first-order chi connectivity index (χ1) is 13.7. The summed E-state index contributed by atoms with van der Waals surface area (Å²) in [7, 11) is 3.69. The second-order valence-corrected chi connectivity index (χ2v) is 8.33. The number of guanidine groups is 1. The summed E-state index contributed by atoms with van der Waals surface area (Å²) in [4.78, 5) is 4.88. The lowest BCUT2D eigenvalue weighted by Gasteiger charge is -2.25. The van der Waals surface area contributed by atoms with E-state index in [2.05, 4.69) is 69.4 Å². The van der Waals surface area contributed by atoms with Crippen molar-refractivity contribution in [1.29, 1.82) is 0 Å². The molecule has 0 aliphatic carbocycles. The second kappa shape index (κ2) is 9.81. The van der Waals surface area contributed by atoms with Gasteiger partial charge in [-0.15, -0.1) is 0 Å². The molecule has 2 aromatic rings. The van der Waals surface area contributed by atoms with E-state index >= 15 is 0 Å². The Morgan fingerprint density at radius 2 is 1.90 bits per heavy atom. The van der Waals surface area contributed by atoms with Crippen LogP contribution in [0.1, 0.15) is 50.2 Å². The third-order valence-electron chi connectivity index (χ3n) is 5.40. The number of rotatable bonds is 8. The molecule has 29 heavy (non-hydrogen) atoms. The van der Waals surface area contributed by atoms with Gasteiger partial charge in [0, 0.05) is 30.7 Å². The molecule has 1 heterocycles. The molecule has 0 amide bonds. The Balaban J connectivity index is 2.07. The zero-order valence-corrected chi connectivity index (χ0v) is 19.3. The third-order valence-corrected chi connectivity index (χ3v) is 5.40. The molecule has 0 saturated carbocycles. The highest BCUT2D eigenvalue weighted by atomic mass is 16.5. The van der Waals surface area contributed by atoms with Crippen molar-refractivity contribution in [2.75, 3.05) is 20.2 Å². The smallest absolute Gasteiger partial charge is 0.191 e. The first kappa shape index (κ1) is 22.8. The number of nitrogens with zero attached hydrogens (tertiary/aromatic N) is 3. The van der Waals surface area contributed by atoms with Gasteiger partial charge in [-0.1, -0.05) is 26.0 Å². The quantitative estimate of drug-likeness (QED) is 0.527. The molecule has 2 N–H and O–H groups in total. The fraction of sp³-hybridized carbons (Fsp3) is 0.565. The van der Waals surface area contributed by atoms with Crippen LogP contribution >= 0.6 is 0 Å². The molecule has 1 aromatic heterocycles. The maximum Gasteiger partial charge on any atom is 0.191 e. The Morgan fingerprint density at radius 1 is 1.24 bits per heavy atom. The number of ether oxygens (including phenoxy) is 1. The SMILES string of the molecule is CCNC(=NCC(C)(C)c1ccc(OC)cc1)NC(C)Cc1c(C)nn(C)c1C. The Hall–Kier alpha value is -2.50. The Kier molecular flexibility index (Phi) is 7.71. The summed E-state index contributed by atoms with van der Waals surface area (Å²) in [6, 6.07) is 8.49. The molecule has 1 unspecified atom stereocenters. The summed E-state index contributed by atoms with van der Waals surface area (Å²) < 4.78 is 7.22. The molecule has 0 fully saturated rings. The molecule has 6 heteroatoms. The molecular weight excluding hydrogens is 362 g/mol. The average Bonchev–Trinajstić information content (AvgIpc) is 2.92. The normalized spacial score (nSPS) is 13.3. The summed E-state index contributed by atoms with van der Waals surface area (Å²) in [5.74, 6) is 1.72. The highest BCUT2D eigenvalue weighted by molar-refractivity contribution is 5.80. The van der Waals surface area contributed by atoms with Crippen LogP contribution in [0, 0.1) is 13.8 Å². The van der Waals surface area contributed by atoms with Gasteiger partial charge in [0.05, 0.1) is 19.3 Å². The van der Waals surface area contributed by atoms with Crippen molar-refractivity contribution in [1.82, 2.24) is 20.4 Å². The molecule has 0 spiro atoms. The van der Waals surface area contributed by atoms with Crippen molar-refractivity contribution in [3.8, 4) is 5.75 Å². The average molecular weight is 400 g/mol. The fourth-order valence-corrected chi connectivity index (χ4v) is 3.43. The van der Waals surface area contributed by atoms with Crippen LogP contribution in [0.3, 0.4) is 0 Å². The van der Waals surface area contributed by atoms with E-state index in [9.17, 15) is 0 Å². The van der Waals surface area contributed by atoms with E-state index in [-0.39, 0.29) is 11.5 Å². The van der Waals surface area contributed by atoms with Gasteiger partial charge in [0.25, 0.3) is 0 Å². The number of methoxy groups -OCH3 is 1. The van der Waals surface area contributed by atoms with Crippen LogP contribution in [0.15, 0.2) is 29.3 Å². The van der Waals surface area contributed by atoms with E-state index in [1.165, 1.54) is 16.8 Å². The van der Waals surface area contributed by atoms with Crippen molar-refractivity contribution >= 4 is 5.96 Å². The van der Waals surface area contributed by atoms with Crippen LogP contribution in [-0.2, 0) is 18.9 Å². The predicted molar refractivity (Wildman–Crippen MR) is 121 cm³/mol. The second-order valence-electron chi connectivity index (χ2n) is 8.33. The standard InChI is InChI=1S/C23H37N5O/c1-9-24-22(26-16(2)14-21-17(3)27-28(7)18(21)4)25-15-23(5,6)19-10-12-20(29-8)13-11-19/h10-13,16H,9,14-15H2,1-8H3,(H2,24,25,26). The van der Waals surface area contributed by atoms with Gasteiger partial charge >= 0.3 is 0 Å². The fourth-order valence-electron chi connectivity index (χ4n) is 3.43. The van der Waals surface area contributed by atoms with Crippen LogP contribution in [0.25, 0.3) is 0 Å². The van der Waals surface area contributed by atoms with Gasteiger partial charge in [-0.2, -0.15) is 5.10 Å². The van der Waals surface area contributed by atoms with Crippen molar-refractivity contribution in [2.45, 2.75) is 59.4 Å². The van der Waals surface area contributed by atoms with Crippen LogP contribution in [0.4, 0.5) is 0 Å². The number of aliphatic imine (C=N–C) groups is 1. The topological polar surface area (TPSA) is 63.5 Å². The van der Waals surface area contributed by atoms with Crippen LogP contribution in [0.2, 0.25) is 0 Å². The van der Waals surface area contributed by atoms with Crippen molar-refractivity contribution in [2.24, 2.45) is 12.0 Å². The van der Waals surface area contributed by atoms with Gasteiger partial charge in [0.1, 0.15) is 5.75 Å². The summed E-state index contributed by atoms with van der Waals surface area (Å²) >= 11 is 0. The summed E-state index contributed by atoms with van der Waals surface area (Å²) in [5, 5.41) is 11.5. The first-order valence-electron chi connectivity index (χ1n) is 10.4. The summed E-state index contributed by atoms with van der Waals surface area (Å²) in [6.45, 7) is 14.4. The zero-order valence-electron chi connectivity index (χ0n) is 19.3. The monoisotopic (exact) mass is 399 g/mol. The molecule has 0 radical (unpaired) electrons. The molecular formula is C23H37N5O. The van der Waals surface area contributed by atoms with Crippen LogP contribution in [0.5, 0.6) is 5.75 Å². The Morgan fingerprint density at radius 3 is 2.41 bits per heavy atom. The molecule has 6 nitrogen and oxygen atoms in total. The number of hydrogen-bond acceptors (Lipinski definition) is 3. The minimum Gasteiger partial charge on any atom is -0.497 e. The molecule has 160 valence electrons. The minimum atomic E-state index is -0.0750. The molecule has 0 saturated heterocycles. The molecule has 2 rings (SSSR count). The molecule has 0 aliphatic heterocycles. The van der Waals surface area contributed by atoms with Crippen molar-refractivity contribution in [3.63, 3.8) is 0 Å². The van der Waals surface area contributed by atoms with Gasteiger partial charge < -0.3 is 15.4 Å². The number of hydrogen-bond donors (Lipinski definition) is 2. The van der Waals surface area contributed by atoms with E-state index in [1.807, 2.05) is 23.9 Å². The predicted octanol–water partition coefficient (Wildman–Crippen LogP) is 3.51. The minimum absolute atomic E-state index is 0.0750. The van der Waals surface area contributed by atoms with Gasteiger partial charge in [-0.05, 0) is 57.4 Å².